The van der Waals surface area contributed by atoms with Crippen molar-refractivity contribution in [3.8, 4) is 5.75 Å². The lowest BCUT2D eigenvalue weighted by Crippen LogP contribution is -2.19. The van der Waals surface area contributed by atoms with Crippen molar-refractivity contribution < 1.29 is 21.9 Å². The third-order valence-electron chi connectivity index (χ3n) is 2.88. The molecule has 0 amide bonds. The first-order valence-corrected chi connectivity index (χ1v) is 7.39. The van der Waals surface area contributed by atoms with E-state index in [-0.39, 0.29) is 32.8 Å². The summed E-state index contributed by atoms with van der Waals surface area (Å²) in [6, 6.07) is 2.51. The molecule has 1 aromatic heterocycles. The number of carbonyl (C=O) groups excluding carboxylic acids is 1. The Morgan fingerprint density at radius 2 is 2.00 bits per heavy atom. The van der Waals surface area contributed by atoms with Gasteiger partial charge in [-0.1, -0.05) is 11.6 Å². The van der Waals surface area contributed by atoms with E-state index in [4.69, 9.17) is 16.2 Å². The predicted octanol–water partition coefficient (Wildman–Crippen LogP) is 1.87. The van der Waals surface area contributed by atoms with Gasteiger partial charge >= 0.3 is 10.4 Å². The van der Waals surface area contributed by atoms with Gasteiger partial charge in [-0.05, 0) is 31.5 Å². The minimum atomic E-state index is -4.76. The third-order valence-corrected chi connectivity index (χ3v) is 3.58. The zero-order valence-corrected chi connectivity index (χ0v) is 12.5. The highest BCUT2D eigenvalue weighted by atomic mass is 35.5. The molecule has 9 heteroatoms. The van der Waals surface area contributed by atoms with Gasteiger partial charge in [0.25, 0.3) is 5.56 Å². The molecule has 7 nitrogen and oxygen atoms in total. The van der Waals surface area contributed by atoms with Crippen LogP contribution in [0.5, 0.6) is 5.75 Å². The van der Waals surface area contributed by atoms with Crippen LogP contribution in [-0.4, -0.2) is 23.7 Å². The number of hydrogen-bond acceptors (Lipinski definition) is 5. The Bertz CT molecular complexity index is 915. The summed E-state index contributed by atoms with van der Waals surface area (Å²) in [4.78, 5) is 25.9. The van der Waals surface area contributed by atoms with Gasteiger partial charge in [0.05, 0.1) is 16.1 Å². The molecule has 0 fully saturated rings. The smallest absolute Gasteiger partial charge is 0.361 e. The maximum Gasteiger partial charge on any atom is 0.446 e. The van der Waals surface area contributed by atoms with E-state index in [1.54, 1.807) is 0 Å². The zero-order valence-electron chi connectivity index (χ0n) is 10.9. The molecule has 0 aliphatic rings. The highest BCUT2D eigenvalue weighted by Gasteiger charge is 2.20. The number of Topliss-reactive ketones (excluding diaryl/α,β-unsaturated/α-hetero) is 1. The van der Waals surface area contributed by atoms with Gasteiger partial charge in [-0.15, -0.1) is 0 Å². The number of ketones is 1. The van der Waals surface area contributed by atoms with Crippen LogP contribution in [-0.2, 0) is 10.4 Å². The first kappa shape index (κ1) is 15.5. The number of benzene rings is 1. The fourth-order valence-electron chi connectivity index (χ4n) is 2.13. The number of nitrogens with one attached hydrogen (secondary N) is 1. The van der Waals surface area contributed by atoms with Gasteiger partial charge in [0.2, 0.25) is 0 Å². The largest absolute Gasteiger partial charge is 0.446 e. The van der Waals surface area contributed by atoms with E-state index in [1.165, 1.54) is 26.0 Å². The lowest BCUT2D eigenvalue weighted by atomic mass is 10.0. The second-order valence-corrected chi connectivity index (χ2v) is 5.75. The van der Waals surface area contributed by atoms with Crippen molar-refractivity contribution in [1.29, 1.82) is 0 Å². The van der Waals surface area contributed by atoms with Crippen molar-refractivity contribution in [3.63, 3.8) is 0 Å². The van der Waals surface area contributed by atoms with Crippen molar-refractivity contribution >= 4 is 38.7 Å². The predicted molar refractivity (Wildman–Crippen MR) is 76.5 cm³/mol. The van der Waals surface area contributed by atoms with E-state index >= 15 is 0 Å². The molecule has 0 bridgehead atoms. The molecule has 2 rings (SSSR count). The van der Waals surface area contributed by atoms with Crippen molar-refractivity contribution in [2.45, 2.75) is 13.8 Å². The molecular weight excluding hydrogens is 322 g/mol. The summed E-state index contributed by atoms with van der Waals surface area (Å²) in [7, 11) is -4.76. The molecule has 0 saturated heterocycles. The molecule has 0 spiro atoms. The van der Waals surface area contributed by atoms with E-state index in [2.05, 4.69) is 9.17 Å². The van der Waals surface area contributed by atoms with Crippen LogP contribution in [0, 0.1) is 6.92 Å². The van der Waals surface area contributed by atoms with Crippen molar-refractivity contribution in [1.82, 2.24) is 4.98 Å². The number of halogens is 1. The molecular formula is C12H10ClNO6S. The third kappa shape index (κ3) is 2.92. The topological polar surface area (TPSA) is 114 Å². The molecule has 21 heavy (non-hydrogen) atoms. The van der Waals surface area contributed by atoms with E-state index in [0.29, 0.717) is 0 Å². The Morgan fingerprint density at radius 3 is 2.52 bits per heavy atom. The minimum Gasteiger partial charge on any atom is -0.361 e. The number of pyridine rings is 1. The molecule has 0 saturated carbocycles. The minimum absolute atomic E-state index is 0.116. The number of H-pyrrole nitrogens is 1. The average molecular weight is 332 g/mol. The number of aromatic nitrogens is 1. The lowest BCUT2D eigenvalue weighted by molar-refractivity contribution is 0.101. The number of hydrogen-bond donors (Lipinski definition) is 2. The molecule has 1 heterocycles. The van der Waals surface area contributed by atoms with Gasteiger partial charge in [-0.3, -0.25) is 14.1 Å². The highest BCUT2D eigenvalue weighted by Crippen LogP contribution is 2.33. The van der Waals surface area contributed by atoms with Crippen LogP contribution in [0.15, 0.2) is 16.9 Å². The van der Waals surface area contributed by atoms with Crippen LogP contribution >= 0.6 is 11.6 Å². The van der Waals surface area contributed by atoms with Gasteiger partial charge in [-0.25, -0.2) is 0 Å². The quantitative estimate of drug-likeness (QED) is 0.655. The van der Waals surface area contributed by atoms with Gasteiger partial charge in [0, 0.05) is 5.39 Å². The maximum atomic E-state index is 11.9. The normalized spacial score (nSPS) is 11.6. The number of rotatable bonds is 3. The number of aryl methyl sites for hydroxylation is 1. The fraction of sp³-hybridized carbons (Fsp3) is 0.167. The Morgan fingerprint density at radius 1 is 1.38 bits per heavy atom. The first-order valence-electron chi connectivity index (χ1n) is 5.64. The number of fused-ring (bicyclic) bond motifs is 1. The first-order chi connectivity index (χ1) is 9.61. The summed E-state index contributed by atoms with van der Waals surface area (Å²) in [5, 5.41) is 0.271. The van der Waals surface area contributed by atoms with Gasteiger partial charge in [0.15, 0.2) is 11.5 Å². The molecule has 0 aliphatic carbocycles. The van der Waals surface area contributed by atoms with E-state index in [9.17, 15) is 18.0 Å². The Kier molecular flexibility index (Phi) is 3.79. The molecule has 0 unspecified atom stereocenters. The van der Waals surface area contributed by atoms with Gasteiger partial charge < -0.3 is 9.17 Å². The summed E-state index contributed by atoms with van der Waals surface area (Å²) in [5.41, 5.74) is -0.448. The number of aromatic amines is 1. The Labute approximate surface area is 124 Å². The van der Waals surface area contributed by atoms with Crippen molar-refractivity contribution in [3.05, 3.63) is 38.6 Å². The number of carbonyl (C=O) groups is 1. The van der Waals surface area contributed by atoms with Gasteiger partial charge in [0.1, 0.15) is 0 Å². The second-order valence-electron chi connectivity index (χ2n) is 4.32. The molecule has 0 aliphatic heterocycles. The van der Waals surface area contributed by atoms with Crippen LogP contribution in [0.1, 0.15) is 22.8 Å². The fourth-order valence-corrected chi connectivity index (χ4v) is 2.70. The van der Waals surface area contributed by atoms with Crippen LogP contribution in [0.3, 0.4) is 0 Å². The average Bonchev–Trinajstić information content (AvgIpc) is 2.30. The molecule has 112 valence electrons. The van der Waals surface area contributed by atoms with Crippen LogP contribution in [0.2, 0.25) is 5.02 Å². The monoisotopic (exact) mass is 331 g/mol. The Hall–Kier alpha value is -1.90. The summed E-state index contributed by atoms with van der Waals surface area (Å²) in [5.74, 6) is -0.735. The summed E-state index contributed by atoms with van der Waals surface area (Å²) >= 11 is 5.95. The molecule has 2 N–H and O–H groups in total. The molecule has 0 atom stereocenters. The summed E-state index contributed by atoms with van der Waals surface area (Å²) < 4.78 is 35.0. The molecule has 2 aromatic rings. The van der Waals surface area contributed by atoms with E-state index in [0.717, 1.165) is 0 Å². The molecule has 0 radical (unpaired) electrons. The Balaban J connectivity index is 2.97. The van der Waals surface area contributed by atoms with E-state index < -0.39 is 21.7 Å². The van der Waals surface area contributed by atoms with Crippen LogP contribution in [0.4, 0.5) is 0 Å². The van der Waals surface area contributed by atoms with Gasteiger partial charge in [-0.2, -0.15) is 8.42 Å². The van der Waals surface area contributed by atoms with Crippen molar-refractivity contribution in [2.75, 3.05) is 0 Å². The SMILES string of the molecule is CC(=O)c1c(C)c2c(OS(=O)(=O)O)ccc(Cl)c2[nH]c1=O. The van der Waals surface area contributed by atoms with Crippen LogP contribution in [0.25, 0.3) is 10.9 Å². The lowest BCUT2D eigenvalue weighted by Gasteiger charge is -2.11. The molecule has 1 aromatic carbocycles. The van der Waals surface area contributed by atoms with Crippen molar-refractivity contribution in [2.24, 2.45) is 0 Å². The highest BCUT2D eigenvalue weighted by molar-refractivity contribution is 7.81. The summed E-state index contributed by atoms with van der Waals surface area (Å²) in [6.45, 7) is 2.67. The zero-order chi connectivity index (χ0) is 15.9. The second kappa shape index (κ2) is 5.14. The van der Waals surface area contributed by atoms with E-state index in [1.807, 2.05) is 0 Å². The van der Waals surface area contributed by atoms with Crippen LogP contribution < -0.4 is 9.74 Å². The maximum absolute atomic E-state index is 11.9. The summed E-state index contributed by atoms with van der Waals surface area (Å²) in [6.07, 6.45) is 0. The standard InChI is InChI=1S/C12H10ClNO6S/c1-5-9(6(2)15)12(16)14-11-7(13)3-4-8(10(5)11)20-21(17,18)19/h3-4H,1-2H3,(H,14,16)(H,17,18,19).